The summed E-state index contributed by atoms with van der Waals surface area (Å²) in [5.74, 6) is 0.543. The third-order valence-corrected chi connectivity index (χ3v) is 7.59. The molecule has 4 rings (SSSR count). The number of amides is 2. The normalized spacial score (nSPS) is 21.6. The zero-order chi connectivity index (χ0) is 26.3. The zero-order valence-electron chi connectivity index (χ0n) is 22.3. The van der Waals surface area contributed by atoms with Gasteiger partial charge in [0.2, 0.25) is 5.91 Å². The largest absolute Gasteiger partial charge is 0.494 e. The highest BCUT2D eigenvalue weighted by molar-refractivity contribution is 6.62. The van der Waals surface area contributed by atoms with E-state index in [2.05, 4.69) is 15.3 Å². The number of aromatic amines is 1. The van der Waals surface area contributed by atoms with Crippen molar-refractivity contribution in [2.45, 2.75) is 77.7 Å². The summed E-state index contributed by atoms with van der Waals surface area (Å²) in [6, 6.07) is 7.23. The van der Waals surface area contributed by atoms with Crippen LogP contribution in [0.4, 0.5) is 4.79 Å². The number of alkyl carbamates (subject to hydrolysis) is 1. The number of hydrogen-bond acceptors (Lipinski definition) is 6. The molecule has 36 heavy (non-hydrogen) atoms. The van der Waals surface area contributed by atoms with E-state index in [4.69, 9.17) is 14.0 Å². The third-order valence-electron chi connectivity index (χ3n) is 7.59. The van der Waals surface area contributed by atoms with Crippen molar-refractivity contribution in [3.63, 3.8) is 0 Å². The summed E-state index contributed by atoms with van der Waals surface area (Å²) in [5, 5.41) is 2.68. The molecule has 1 aromatic carbocycles. The molecule has 0 spiro atoms. The molecule has 2 aliphatic heterocycles. The lowest BCUT2D eigenvalue weighted by Crippen LogP contribution is -2.51. The lowest BCUT2D eigenvalue weighted by atomic mass is 9.79. The van der Waals surface area contributed by atoms with Crippen molar-refractivity contribution in [2.24, 2.45) is 5.92 Å². The number of likely N-dealkylation sites (tertiary alicyclic amines) is 1. The number of imidazole rings is 1. The zero-order valence-corrected chi connectivity index (χ0v) is 22.3. The highest BCUT2D eigenvalue weighted by atomic mass is 16.7. The van der Waals surface area contributed by atoms with E-state index in [0.717, 1.165) is 35.4 Å². The number of ether oxygens (including phenoxy) is 1. The number of benzene rings is 1. The van der Waals surface area contributed by atoms with Crippen LogP contribution in [0.15, 0.2) is 30.5 Å². The molecule has 9 nitrogen and oxygen atoms in total. The molecule has 0 bridgehead atoms. The van der Waals surface area contributed by atoms with Crippen molar-refractivity contribution in [1.29, 1.82) is 0 Å². The lowest BCUT2D eigenvalue weighted by Gasteiger charge is -2.32. The first-order valence-electron chi connectivity index (χ1n) is 12.6. The second kappa shape index (κ2) is 9.90. The number of H-pyrrole nitrogens is 1. The molecule has 0 saturated carbocycles. The number of nitrogens with one attached hydrogen (secondary N) is 2. The Morgan fingerprint density at radius 3 is 2.39 bits per heavy atom. The summed E-state index contributed by atoms with van der Waals surface area (Å²) < 4.78 is 17.0. The van der Waals surface area contributed by atoms with Crippen LogP contribution >= 0.6 is 0 Å². The highest BCUT2D eigenvalue weighted by Crippen LogP contribution is 2.37. The van der Waals surface area contributed by atoms with E-state index in [-0.39, 0.29) is 29.1 Å². The Balaban J connectivity index is 1.48. The van der Waals surface area contributed by atoms with Crippen LogP contribution in [0.1, 0.15) is 66.3 Å². The minimum Gasteiger partial charge on any atom is -0.453 e. The Kier molecular flexibility index (Phi) is 7.21. The molecule has 2 aromatic rings. The molecule has 2 N–H and O–H groups in total. The molecule has 2 amide bonds. The lowest BCUT2D eigenvalue weighted by molar-refractivity contribution is -0.135. The molecule has 2 atom stereocenters. The maximum absolute atomic E-state index is 13.3. The number of carbonyl (C=O) groups excluding carboxylic acids is 2. The number of hydrogen-bond donors (Lipinski definition) is 2. The van der Waals surface area contributed by atoms with Crippen LogP contribution < -0.4 is 10.8 Å². The van der Waals surface area contributed by atoms with Crippen molar-refractivity contribution in [3.05, 3.63) is 36.3 Å². The highest BCUT2D eigenvalue weighted by Gasteiger charge is 2.51. The number of rotatable bonds is 6. The van der Waals surface area contributed by atoms with Crippen LogP contribution in [-0.4, -0.2) is 64.9 Å². The Morgan fingerprint density at radius 2 is 1.81 bits per heavy atom. The predicted octanol–water partition coefficient (Wildman–Crippen LogP) is 3.42. The van der Waals surface area contributed by atoms with Crippen molar-refractivity contribution in [2.75, 3.05) is 13.7 Å². The van der Waals surface area contributed by atoms with E-state index < -0.39 is 19.3 Å². The number of aromatic nitrogens is 2. The second-order valence-electron chi connectivity index (χ2n) is 10.9. The van der Waals surface area contributed by atoms with E-state index >= 15 is 0 Å². The summed E-state index contributed by atoms with van der Waals surface area (Å²) in [6.07, 6.45) is 2.87. The first kappa shape index (κ1) is 26.2. The van der Waals surface area contributed by atoms with Gasteiger partial charge in [0.15, 0.2) is 0 Å². The van der Waals surface area contributed by atoms with Gasteiger partial charge in [-0.2, -0.15) is 0 Å². The van der Waals surface area contributed by atoms with Gasteiger partial charge in [-0.3, -0.25) is 4.79 Å². The second-order valence-corrected chi connectivity index (χ2v) is 10.9. The minimum absolute atomic E-state index is 0.0764. The van der Waals surface area contributed by atoms with E-state index in [9.17, 15) is 9.59 Å². The predicted molar refractivity (Wildman–Crippen MR) is 138 cm³/mol. The Labute approximate surface area is 213 Å². The number of methoxy groups -OCH3 is 1. The van der Waals surface area contributed by atoms with Gasteiger partial charge in [0.1, 0.15) is 11.9 Å². The van der Waals surface area contributed by atoms with Gasteiger partial charge >= 0.3 is 13.2 Å². The van der Waals surface area contributed by atoms with Gasteiger partial charge in [-0.05, 0) is 57.5 Å². The van der Waals surface area contributed by atoms with Crippen LogP contribution in [0.3, 0.4) is 0 Å². The molecule has 0 radical (unpaired) electrons. The van der Waals surface area contributed by atoms with Crippen LogP contribution in [0.5, 0.6) is 0 Å². The molecule has 3 heterocycles. The quantitative estimate of drug-likeness (QED) is 0.594. The fourth-order valence-electron chi connectivity index (χ4n) is 4.64. The molecule has 1 aromatic heterocycles. The van der Waals surface area contributed by atoms with Crippen LogP contribution in [0.2, 0.25) is 0 Å². The van der Waals surface area contributed by atoms with E-state index in [1.165, 1.54) is 7.11 Å². The van der Waals surface area contributed by atoms with Crippen LogP contribution in [0, 0.1) is 5.92 Å². The van der Waals surface area contributed by atoms with Crippen molar-refractivity contribution < 1.29 is 23.6 Å². The molecular formula is C26H37BN4O5. The molecular weight excluding hydrogens is 459 g/mol. The van der Waals surface area contributed by atoms with E-state index in [1.54, 1.807) is 6.20 Å². The summed E-state index contributed by atoms with van der Waals surface area (Å²) in [4.78, 5) is 35.0. The van der Waals surface area contributed by atoms with E-state index in [0.29, 0.717) is 6.54 Å². The molecule has 2 aliphatic rings. The molecule has 2 saturated heterocycles. The maximum Gasteiger partial charge on any atom is 0.494 e. The Morgan fingerprint density at radius 1 is 1.17 bits per heavy atom. The molecule has 1 unspecified atom stereocenters. The smallest absolute Gasteiger partial charge is 0.453 e. The van der Waals surface area contributed by atoms with E-state index in [1.807, 2.05) is 70.7 Å². The van der Waals surface area contributed by atoms with Crippen molar-refractivity contribution in [1.82, 2.24) is 20.2 Å². The average molecular weight is 496 g/mol. The first-order valence-corrected chi connectivity index (χ1v) is 12.6. The topological polar surface area (TPSA) is 106 Å². The van der Waals surface area contributed by atoms with Crippen LogP contribution in [-0.2, 0) is 18.8 Å². The molecule has 194 valence electrons. The Hall–Kier alpha value is -2.85. The first-order chi connectivity index (χ1) is 16.9. The summed E-state index contributed by atoms with van der Waals surface area (Å²) in [6.45, 7) is 12.6. The molecule has 2 fully saturated rings. The van der Waals surface area contributed by atoms with Gasteiger partial charge in [0.25, 0.3) is 0 Å². The maximum atomic E-state index is 13.3. The van der Waals surface area contributed by atoms with Crippen LogP contribution in [0.25, 0.3) is 11.3 Å². The van der Waals surface area contributed by atoms with Gasteiger partial charge in [-0.1, -0.05) is 38.1 Å². The van der Waals surface area contributed by atoms with Gasteiger partial charge in [0, 0.05) is 6.54 Å². The summed E-state index contributed by atoms with van der Waals surface area (Å²) >= 11 is 0. The van der Waals surface area contributed by atoms with Crippen molar-refractivity contribution >= 4 is 24.6 Å². The number of nitrogens with zero attached hydrogens (tertiary/aromatic N) is 2. The van der Waals surface area contributed by atoms with Gasteiger partial charge in [-0.25, -0.2) is 9.78 Å². The van der Waals surface area contributed by atoms with Gasteiger partial charge in [0.05, 0.1) is 36.2 Å². The monoisotopic (exact) mass is 496 g/mol. The average Bonchev–Trinajstić information content (AvgIpc) is 3.54. The molecule has 0 aliphatic carbocycles. The third kappa shape index (κ3) is 5.02. The fourth-order valence-corrected chi connectivity index (χ4v) is 4.64. The molecule has 10 heteroatoms. The summed E-state index contributed by atoms with van der Waals surface area (Å²) in [7, 11) is 0.884. The van der Waals surface area contributed by atoms with Crippen molar-refractivity contribution in [3.8, 4) is 11.3 Å². The number of carbonyl (C=O) groups is 2. The van der Waals surface area contributed by atoms with Gasteiger partial charge in [-0.15, -0.1) is 0 Å². The summed E-state index contributed by atoms with van der Waals surface area (Å²) in [5.41, 5.74) is 2.04. The fraction of sp³-hybridized carbons (Fsp3) is 0.577. The standard InChI is InChI=1S/C26H37BN4O5/c1-16(2)21(30-24(33)34-7)23(32)31-14-8-9-20(31)22-28-15-19(29-22)17-10-12-18(13-11-17)27-35-25(3,4)26(5,6)36-27/h10-13,15-16,20-21H,8-9,14H2,1-7H3,(H,28,29)(H,30,33)/t20?,21-/m0/s1. The Bertz CT molecular complexity index is 1080. The SMILES string of the molecule is COC(=O)N[C@H](C(=O)N1CCCC1c1ncc(-c2ccc(B3OC(C)(C)C(C)(C)O3)cc2)[nH]1)C(C)C. The minimum atomic E-state index is -0.657. The van der Waals surface area contributed by atoms with Gasteiger partial charge < -0.3 is 29.2 Å².